The third-order valence-corrected chi connectivity index (χ3v) is 5.95. The second kappa shape index (κ2) is 13.1. The van der Waals surface area contributed by atoms with Gasteiger partial charge in [0.2, 0.25) is 5.91 Å². The molecule has 1 aliphatic heterocycles. The number of amides is 1. The van der Waals surface area contributed by atoms with E-state index in [1.165, 1.54) is 5.56 Å². The number of para-hydroxylation sites is 1. The van der Waals surface area contributed by atoms with E-state index >= 15 is 0 Å². The van der Waals surface area contributed by atoms with Crippen molar-refractivity contribution in [1.29, 1.82) is 0 Å². The highest BCUT2D eigenvalue weighted by Crippen LogP contribution is 2.17. The number of hydrogen-bond donors (Lipinski definition) is 2. The molecule has 4 rings (SSSR count). The highest BCUT2D eigenvalue weighted by atomic mass is 127. The second-order valence-corrected chi connectivity index (χ2v) is 8.40. The molecule has 1 amide bonds. The van der Waals surface area contributed by atoms with Crippen LogP contribution in [0, 0.1) is 5.92 Å². The highest BCUT2D eigenvalue weighted by molar-refractivity contribution is 14.0. The van der Waals surface area contributed by atoms with Crippen molar-refractivity contribution in [3.8, 4) is 5.69 Å². The molecule has 0 spiro atoms. The Hall–Kier alpha value is -2.88. The summed E-state index contributed by atoms with van der Waals surface area (Å²) in [5.41, 5.74) is 3.49. The molecule has 7 nitrogen and oxygen atoms in total. The third kappa shape index (κ3) is 7.31. The first-order chi connectivity index (χ1) is 16.2. The summed E-state index contributed by atoms with van der Waals surface area (Å²) >= 11 is 0. The molecule has 2 N–H and O–H groups in total. The predicted octanol–water partition coefficient (Wildman–Crippen LogP) is 3.29. The van der Waals surface area contributed by atoms with Gasteiger partial charge in [0.25, 0.3) is 0 Å². The van der Waals surface area contributed by atoms with Gasteiger partial charge in [-0.15, -0.1) is 24.0 Å². The van der Waals surface area contributed by atoms with E-state index in [1.54, 1.807) is 7.05 Å². The highest BCUT2D eigenvalue weighted by Gasteiger charge is 2.29. The first-order valence-electron chi connectivity index (χ1n) is 11.6. The number of rotatable bonds is 9. The summed E-state index contributed by atoms with van der Waals surface area (Å²) in [6, 6.07) is 20.4. The van der Waals surface area contributed by atoms with E-state index in [-0.39, 0.29) is 29.9 Å². The number of aliphatic imine (C=N–C) groups is 1. The van der Waals surface area contributed by atoms with Gasteiger partial charge in [0.15, 0.2) is 5.96 Å². The fraction of sp³-hybridized carbons (Fsp3) is 0.346. The Bertz CT molecular complexity index is 1050. The van der Waals surface area contributed by atoms with E-state index in [0.717, 1.165) is 56.2 Å². The standard InChI is InChI=1S/C26H32N6O.HI/c1-27-26(28-14-12-22-18-30-32(20-22)24-10-6-3-7-11-24)29-17-23-16-25(33)31(19-23)15-13-21-8-4-2-5-9-21;/h2-11,18,20,23H,12-17,19H2,1H3,(H2,27,28,29);1H. The number of carbonyl (C=O) groups excluding carboxylic acids is 1. The number of hydrogen-bond acceptors (Lipinski definition) is 3. The van der Waals surface area contributed by atoms with Gasteiger partial charge in [0.1, 0.15) is 0 Å². The largest absolute Gasteiger partial charge is 0.356 e. The SMILES string of the molecule is CN=C(NCCc1cnn(-c2ccccc2)c1)NCC1CC(=O)N(CCc2ccccc2)C1.I. The Kier molecular flexibility index (Phi) is 9.93. The summed E-state index contributed by atoms with van der Waals surface area (Å²) in [4.78, 5) is 18.7. The molecule has 1 fully saturated rings. The van der Waals surface area contributed by atoms with Crippen LogP contribution in [0.2, 0.25) is 0 Å². The number of likely N-dealkylation sites (tertiary alicyclic amines) is 1. The maximum Gasteiger partial charge on any atom is 0.223 e. The van der Waals surface area contributed by atoms with Gasteiger partial charge < -0.3 is 15.5 Å². The summed E-state index contributed by atoms with van der Waals surface area (Å²) in [5.74, 6) is 1.31. The number of aromatic nitrogens is 2. The molecule has 1 unspecified atom stereocenters. The number of guanidine groups is 1. The van der Waals surface area contributed by atoms with Gasteiger partial charge in [-0.25, -0.2) is 4.68 Å². The maximum atomic E-state index is 12.4. The van der Waals surface area contributed by atoms with Crippen molar-refractivity contribution in [2.75, 3.05) is 33.2 Å². The molecule has 0 aliphatic carbocycles. The lowest BCUT2D eigenvalue weighted by atomic mass is 10.1. The minimum atomic E-state index is 0. The molecule has 3 aromatic rings. The van der Waals surface area contributed by atoms with Crippen LogP contribution in [0.1, 0.15) is 17.5 Å². The number of nitrogens with one attached hydrogen (secondary N) is 2. The van der Waals surface area contributed by atoms with Crippen molar-refractivity contribution in [3.05, 3.63) is 84.2 Å². The minimum Gasteiger partial charge on any atom is -0.356 e. The fourth-order valence-electron chi connectivity index (χ4n) is 4.11. The van der Waals surface area contributed by atoms with Gasteiger partial charge in [-0.1, -0.05) is 48.5 Å². The fourth-order valence-corrected chi connectivity index (χ4v) is 4.11. The molecule has 2 heterocycles. The van der Waals surface area contributed by atoms with Crippen molar-refractivity contribution >= 4 is 35.8 Å². The second-order valence-electron chi connectivity index (χ2n) is 8.40. The number of nitrogens with zero attached hydrogens (tertiary/aromatic N) is 4. The lowest BCUT2D eigenvalue weighted by Crippen LogP contribution is -2.41. The Morgan fingerprint density at radius 1 is 1.03 bits per heavy atom. The van der Waals surface area contributed by atoms with E-state index in [1.807, 2.05) is 64.3 Å². The van der Waals surface area contributed by atoms with E-state index in [9.17, 15) is 4.79 Å². The summed E-state index contributed by atoms with van der Waals surface area (Å²) in [7, 11) is 1.77. The Labute approximate surface area is 218 Å². The summed E-state index contributed by atoms with van der Waals surface area (Å²) in [6.07, 6.45) is 6.30. The molecule has 1 saturated heterocycles. The van der Waals surface area contributed by atoms with E-state index in [0.29, 0.717) is 12.3 Å². The normalized spacial score (nSPS) is 15.8. The predicted molar refractivity (Wildman–Crippen MR) is 147 cm³/mol. The Morgan fingerprint density at radius 3 is 2.50 bits per heavy atom. The number of halogens is 1. The van der Waals surface area contributed by atoms with E-state index in [4.69, 9.17) is 0 Å². The summed E-state index contributed by atoms with van der Waals surface area (Å²) in [6.45, 7) is 3.07. The Morgan fingerprint density at radius 2 is 1.76 bits per heavy atom. The van der Waals surface area contributed by atoms with Crippen molar-refractivity contribution in [1.82, 2.24) is 25.3 Å². The summed E-state index contributed by atoms with van der Waals surface area (Å²) in [5, 5.41) is 11.2. The van der Waals surface area contributed by atoms with Crippen molar-refractivity contribution < 1.29 is 4.79 Å². The molecule has 1 aliphatic rings. The molecule has 8 heteroatoms. The van der Waals surface area contributed by atoms with Crippen LogP contribution < -0.4 is 10.6 Å². The van der Waals surface area contributed by atoms with Crippen LogP contribution in [0.5, 0.6) is 0 Å². The van der Waals surface area contributed by atoms with Crippen molar-refractivity contribution in [2.45, 2.75) is 19.3 Å². The molecule has 0 radical (unpaired) electrons. The smallest absolute Gasteiger partial charge is 0.223 e. The molecular formula is C26H33IN6O. The van der Waals surface area contributed by atoms with Crippen LogP contribution in [0.25, 0.3) is 5.69 Å². The van der Waals surface area contributed by atoms with E-state index in [2.05, 4.69) is 39.1 Å². The van der Waals surface area contributed by atoms with Gasteiger partial charge in [-0.05, 0) is 36.1 Å². The molecule has 2 aromatic carbocycles. The van der Waals surface area contributed by atoms with Gasteiger partial charge in [0, 0.05) is 51.8 Å². The zero-order valence-electron chi connectivity index (χ0n) is 19.6. The average molecular weight is 572 g/mol. The zero-order valence-corrected chi connectivity index (χ0v) is 21.9. The maximum absolute atomic E-state index is 12.4. The van der Waals surface area contributed by atoms with Crippen molar-refractivity contribution in [3.63, 3.8) is 0 Å². The van der Waals surface area contributed by atoms with Crippen LogP contribution in [-0.2, 0) is 17.6 Å². The lowest BCUT2D eigenvalue weighted by Gasteiger charge is -2.18. The van der Waals surface area contributed by atoms with Crippen molar-refractivity contribution in [2.24, 2.45) is 10.9 Å². The van der Waals surface area contributed by atoms with Crippen LogP contribution in [0.4, 0.5) is 0 Å². The van der Waals surface area contributed by atoms with E-state index < -0.39 is 0 Å². The van der Waals surface area contributed by atoms with Crippen LogP contribution in [0.15, 0.2) is 78.0 Å². The number of benzene rings is 2. The van der Waals surface area contributed by atoms with Gasteiger partial charge in [-0.2, -0.15) is 5.10 Å². The van der Waals surface area contributed by atoms with Gasteiger partial charge in [-0.3, -0.25) is 9.79 Å². The van der Waals surface area contributed by atoms with Gasteiger partial charge in [0.05, 0.1) is 11.9 Å². The molecular weight excluding hydrogens is 539 g/mol. The van der Waals surface area contributed by atoms with Crippen LogP contribution in [-0.4, -0.2) is 59.8 Å². The first kappa shape index (κ1) is 25.7. The molecule has 1 aromatic heterocycles. The molecule has 180 valence electrons. The minimum absolute atomic E-state index is 0. The lowest BCUT2D eigenvalue weighted by molar-refractivity contribution is -0.127. The molecule has 0 saturated carbocycles. The van der Waals surface area contributed by atoms with Crippen LogP contribution in [0.3, 0.4) is 0 Å². The zero-order chi connectivity index (χ0) is 22.9. The topological polar surface area (TPSA) is 74.5 Å². The molecule has 0 bridgehead atoms. The third-order valence-electron chi connectivity index (χ3n) is 5.95. The first-order valence-corrected chi connectivity index (χ1v) is 11.6. The monoisotopic (exact) mass is 572 g/mol. The average Bonchev–Trinajstić information content (AvgIpc) is 3.47. The number of carbonyl (C=O) groups is 1. The summed E-state index contributed by atoms with van der Waals surface area (Å²) < 4.78 is 1.89. The van der Waals surface area contributed by atoms with Gasteiger partial charge >= 0.3 is 0 Å². The quantitative estimate of drug-likeness (QED) is 0.235. The Balaban J connectivity index is 0.00000324. The molecule has 1 atom stereocenters. The van der Waals surface area contributed by atoms with Crippen LogP contribution >= 0.6 is 24.0 Å². The molecule has 34 heavy (non-hydrogen) atoms.